The number of hydrogen-bond acceptors (Lipinski definition) is 4. The molecule has 1 heterocycles. The number of amides is 1. The summed E-state index contributed by atoms with van der Waals surface area (Å²) in [5.74, 6) is -2.81. The van der Waals surface area contributed by atoms with Gasteiger partial charge in [-0.3, -0.25) is 4.79 Å². The SMILES string of the molecule is CS(=O)(=O)N1CCN(C(=O)c2cc(F)c(F)cc2N)CC1. The van der Waals surface area contributed by atoms with E-state index in [9.17, 15) is 22.0 Å². The highest BCUT2D eigenvalue weighted by atomic mass is 32.2. The Morgan fingerprint density at radius 3 is 2.19 bits per heavy atom. The molecule has 2 N–H and O–H groups in total. The van der Waals surface area contributed by atoms with Crippen molar-refractivity contribution in [2.24, 2.45) is 0 Å². The van der Waals surface area contributed by atoms with Crippen LogP contribution < -0.4 is 5.73 Å². The summed E-state index contributed by atoms with van der Waals surface area (Å²) >= 11 is 0. The smallest absolute Gasteiger partial charge is 0.256 e. The molecule has 0 aromatic heterocycles. The first-order valence-electron chi connectivity index (χ1n) is 6.19. The lowest BCUT2D eigenvalue weighted by molar-refractivity contribution is 0.0698. The Labute approximate surface area is 121 Å². The number of carbonyl (C=O) groups excluding carboxylic acids is 1. The molecular formula is C12H15F2N3O3S. The zero-order chi connectivity index (χ0) is 15.8. The lowest BCUT2D eigenvalue weighted by atomic mass is 10.1. The van der Waals surface area contributed by atoms with Crippen LogP contribution in [0.2, 0.25) is 0 Å². The van der Waals surface area contributed by atoms with Crippen LogP contribution in [-0.4, -0.2) is 56.0 Å². The maximum Gasteiger partial charge on any atom is 0.256 e. The minimum absolute atomic E-state index is 0.123. The molecule has 1 aliphatic heterocycles. The number of sulfonamides is 1. The van der Waals surface area contributed by atoms with Crippen LogP contribution in [0.3, 0.4) is 0 Å². The Kier molecular flexibility index (Phi) is 4.15. The highest BCUT2D eigenvalue weighted by Crippen LogP contribution is 2.20. The van der Waals surface area contributed by atoms with Crippen LogP contribution in [0.5, 0.6) is 0 Å². The number of hydrogen-bond donors (Lipinski definition) is 1. The largest absolute Gasteiger partial charge is 0.398 e. The maximum atomic E-state index is 13.2. The van der Waals surface area contributed by atoms with E-state index in [-0.39, 0.29) is 37.4 Å². The summed E-state index contributed by atoms with van der Waals surface area (Å²) in [7, 11) is -3.30. The molecule has 0 radical (unpaired) electrons. The molecular weight excluding hydrogens is 304 g/mol. The average molecular weight is 319 g/mol. The van der Waals surface area contributed by atoms with E-state index >= 15 is 0 Å². The number of halogens is 2. The van der Waals surface area contributed by atoms with Crippen molar-refractivity contribution in [3.05, 3.63) is 29.3 Å². The zero-order valence-corrected chi connectivity index (χ0v) is 12.2. The quantitative estimate of drug-likeness (QED) is 0.793. The molecule has 9 heteroatoms. The number of nitrogen functional groups attached to an aromatic ring is 1. The van der Waals surface area contributed by atoms with Gasteiger partial charge in [-0.15, -0.1) is 0 Å². The molecule has 0 spiro atoms. The Hall–Kier alpha value is -1.74. The van der Waals surface area contributed by atoms with E-state index in [1.165, 1.54) is 9.21 Å². The first-order valence-corrected chi connectivity index (χ1v) is 8.04. The number of rotatable bonds is 2. The van der Waals surface area contributed by atoms with Gasteiger partial charge in [0.15, 0.2) is 11.6 Å². The van der Waals surface area contributed by atoms with Gasteiger partial charge in [-0.25, -0.2) is 17.2 Å². The Morgan fingerprint density at radius 1 is 1.14 bits per heavy atom. The zero-order valence-electron chi connectivity index (χ0n) is 11.3. The molecule has 1 aliphatic rings. The van der Waals surface area contributed by atoms with Gasteiger partial charge in [-0.1, -0.05) is 0 Å². The minimum atomic E-state index is -3.30. The van der Waals surface area contributed by atoms with Crippen LogP contribution >= 0.6 is 0 Å². The van der Waals surface area contributed by atoms with Gasteiger partial charge in [0.25, 0.3) is 5.91 Å². The number of carbonyl (C=O) groups is 1. The number of nitrogens with zero attached hydrogens (tertiary/aromatic N) is 2. The van der Waals surface area contributed by atoms with Crippen LogP contribution in [0, 0.1) is 11.6 Å². The maximum absolute atomic E-state index is 13.2. The van der Waals surface area contributed by atoms with Crippen LogP contribution in [-0.2, 0) is 10.0 Å². The van der Waals surface area contributed by atoms with Crippen molar-refractivity contribution in [1.82, 2.24) is 9.21 Å². The monoisotopic (exact) mass is 319 g/mol. The van der Waals surface area contributed by atoms with Crippen molar-refractivity contribution in [1.29, 1.82) is 0 Å². The molecule has 0 bridgehead atoms. The molecule has 0 atom stereocenters. The van der Waals surface area contributed by atoms with Gasteiger partial charge in [0.1, 0.15) is 0 Å². The van der Waals surface area contributed by atoms with Gasteiger partial charge in [0.2, 0.25) is 10.0 Å². The van der Waals surface area contributed by atoms with Crippen LogP contribution in [0.15, 0.2) is 12.1 Å². The van der Waals surface area contributed by atoms with Gasteiger partial charge in [-0.05, 0) is 6.07 Å². The first-order chi connectivity index (χ1) is 9.70. The predicted molar refractivity (Wildman–Crippen MR) is 73.1 cm³/mol. The van der Waals surface area contributed by atoms with Gasteiger partial charge >= 0.3 is 0 Å². The van der Waals surface area contributed by atoms with E-state index in [1.807, 2.05) is 0 Å². The Morgan fingerprint density at radius 2 is 1.67 bits per heavy atom. The van der Waals surface area contributed by atoms with Crippen LogP contribution in [0.1, 0.15) is 10.4 Å². The van der Waals surface area contributed by atoms with Crippen LogP contribution in [0.25, 0.3) is 0 Å². The summed E-state index contributed by atoms with van der Waals surface area (Å²) in [5, 5.41) is 0. The molecule has 1 aromatic rings. The number of anilines is 1. The topological polar surface area (TPSA) is 83.7 Å². The van der Waals surface area contributed by atoms with Gasteiger partial charge in [-0.2, -0.15) is 4.31 Å². The molecule has 1 saturated heterocycles. The first kappa shape index (κ1) is 15.6. The van der Waals surface area contributed by atoms with Gasteiger partial charge in [0.05, 0.1) is 11.8 Å². The third kappa shape index (κ3) is 3.30. The molecule has 6 nitrogen and oxygen atoms in total. The Balaban J connectivity index is 2.14. The normalized spacial score (nSPS) is 17.0. The van der Waals surface area contributed by atoms with E-state index in [0.29, 0.717) is 0 Å². The summed E-state index contributed by atoms with van der Waals surface area (Å²) in [4.78, 5) is 13.6. The lowest BCUT2D eigenvalue weighted by Crippen LogP contribution is -2.50. The second kappa shape index (κ2) is 5.57. The summed E-state index contributed by atoms with van der Waals surface area (Å²) in [6.45, 7) is 0.664. The molecule has 1 fully saturated rings. The average Bonchev–Trinajstić information content (AvgIpc) is 2.41. The lowest BCUT2D eigenvalue weighted by Gasteiger charge is -2.33. The summed E-state index contributed by atoms with van der Waals surface area (Å²) in [6.07, 6.45) is 1.10. The predicted octanol–water partition coefficient (Wildman–Crippen LogP) is 0.264. The Bertz CT molecular complexity index is 671. The fourth-order valence-corrected chi connectivity index (χ4v) is 2.97. The fourth-order valence-electron chi connectivity index (χ4n) is 2.14. The highest BCUT2D eigenvalue weighted by Gasteiger charge is 2.27. The molecule has 0 unspecified atom stereocenters. The highest BCUT2D eigenvalue weighted by molar-refractivity contribution is 7.88. The third-order valence-corrected chi connectivity index (χ3v) is 4.62. The summed E-state index contributed by atoms with van der Waals surface area (Å²) in [6, 6.07) is 1.52. The van der Waals surface area contributed by atoms with E-state index in [4.69, 9.17) is 5.73 Å². The molecule has 1 amide bonds. The molecule has 0 aliphatic carbocycles. The van der Waals surface area contributed by atoms with E-state index in [2.05, 4.69) is 0 Å². The number of nitrogens with two attached hydrogens (primary N) is 1. The van der Waals surface area contributed by atoms with E-state index < -0.39 is 27.6 Å². The minimum Gasteiger partial charge on any atom is -0.398 e. The van der Waals surface area contributed by atoms with E-state index in [0.717, 1.165) is 18.4 Å². The molecule has 1 aromatic carbocycles. The van der Waals surface area contributed by atoms with Gasteiger partial charge < -0.3 is 10.6 Å². The summed E-state index contributed by atoms with van der Waals surface area (Å²) < 4.78 is 50.2. The van der Waals surface area contributed by atoms with Crippen molar-refractivity contribution in [2.45, 2.75) is 0 Å². The number of benzene rings is 1. The van der Waals surface area contributed by atoms with E-state index in [1.54, 1.807) is 0 Å². The molecule has 2 rings (SSSR count). The molecule has 116 valence electrons. The summed E-state index contributed by atoms with van der Waals surface area (Å²) in [5.41, 5.74) is 5.26. The second-order valence-corrected chi connectivity index (χ2v) is 6.79. The second-order valence-electron chi connectivity index (χ2n) is 4.81. The third-order valence-electron chi connectivity index (χ3n) is 3.32. The van der Waals surface area contributed by atoms with Crippen molar-refractivity contribution >= 4 is 21.6 Å². The molecule has 0 saturated carbocycles. The van der Waals surface area contributed by atoms with Crippen molar-refractivity contribution < 1.29 is 22.0 Å². The van der Waals surface area contributed by atoms with Crippen molar-refractivity contribution in [2.75, 3.05) is 38.2 Å². The van der Waals surface area contributed by atoms with Crippen LogP contribution in [0.4, 0.5) is 14.5 Å². The molecule has 21 heavy (non-hydrogen) atoms. The number of piperazine rings is 1. The van der Waals surface area contributed by atoms with Crippen molar-refractivity contribution in [3.8, 4) is 0 Å². The standard InChI is InChI=1S/C12H15F2N3O3S/c1-21(19,20)17-4-2-16(3-5-17)12(18)8-6-9(13)10(14)7-11(8)15/h6-7H,2-5,15H2,1H3. The van der Waals surface area contributed by atoms with Gasteiger partial charge in [0, 0.05) is 37.9 Å². The van der Waals surface area contributed by atoms with Crippen molar-refractivity contribution in [3.63, 3.8) is 0 Å². The fraction of sp³-hybridized carbons (Fsp3) is 0.417.